The molecule has 8 nitrogen and oxygen atoms in total. The molecular formula is C25H26N4O4S2. The van der Waals surface area contributed by atoms with Crippen LogP contribution in [0.25, 0.3) is 16.9 Å². The highest BCUT2D eigenvalue weighted by Gasteiger charge is 2.25. The molecule has 0 unspecified atom stereocenters. The molecule has 10 heteroatoms. The summed E-state index contributed by atoms with van der Waals surface area (Å²) in [5.41, 5.74) is 2.38. The first-order chi connectivity index (χ1) is 17.0. The minimum atomic E-state index is -3.46. The number of aromatic nitrogens is 3. The molecule has 0 N–H and O–H groups in total. The molecule has 0 atom stereocenters. The average Bonchev–Trinajstić information content (AvgIpc) is 3.38. The van der Waals surface area contributed by atoms with Crippen molar-refractivity contribution in [1.29, 1.82) is 0 Å². The predicted octanol–water partition coefficient (Wildman–Crippen LogP) is 4.74. The average molecular weight is 511 g/mol. The van der Waals surface area contributed by atoms with Crippen molar-refractivity contribution in [3.63, 3.8) is 0 Å². The molecule has 2 aromatic carbocycles. The summed E-state index contributed by atoms with van der Waals surface area (Å²) in [6.07, 6.45) is 6.50. The number of methoxy groups -OCH3 is 2. The van der Waals surface area contributed by atoms with E-state index in [-0.39, 0.29) is 0 Å². The van der Waals surface area contributed by atoms with Crippen LogP contribution in [0, 0.1) is 0 Å². The zero-order valence-electron chi connectivity index (χ0n) is 19.5. The van der Waals surface area contributed by atoms with Crippen molar-refractivity contribution in [2.45, 2.75) is 34.2 Å². The van der Waals surface area contributed by atoms with Gasteiger partial charge in [0.15, 0.2) is 16.7 Å². The Hall–Kier alpha value is -3.08. The number of ether oxygens (including phenoxy) is 2. The number of benzene rings is 2. The van der Waals surface area contributed by atoms with Crippen LogP contribution in [0.2, 0.25) is 0 Å². The fourth-order valence-electron chi connectivity index (χ4n) is 4.15. The van der Waals surface area contributed by atoms with Gasteiger partial charge in [-0.1, -0.05) is 18.2 Å². The van der Waals surface area contributed by atoms with E-state index in [1.807, 2.05) is 47.0 Å². The van der Waals surface area contributed by atoms with Gasteiger partial charge < -0.3 is 9.47 Å². The standard InChI is InChI=1S/C25H26N4O4S2/c1-32-22-11-6-18(16-23(22)33-2)21-17-24-26-12-15-29(24)25(27-21)34-19-7-9-20(10-8-19)35(30,31)28-13-4-3-5-14-28/h6-12,15-17H,3-5,13-14H2,1-2H3. The quantitative estimate of drug-likeness (QED) is 0.332. The monoisotopic (exact) mass is 510 g/mol. The second-order valence-electron chi connectivity index (χ2n) is 8.19. The normalized spacial score (nSPS) is 14.8. The van der Waals surface area contributed by atoms with E-state index in [2.05, 4.69) is 4.98 Å². The molecule has 3 heterocycles. The van der Waals surface area contributed by atoms with Crippen LogP contribution in [0.1, 0.15) is 19.3 Å². The zero-order chi connectivity index (χ0) is 24.4. The molecule has 0 bridgehead atoms. The van der Waals surface area contributed by atoms with Crippen LogP contribution < -0.4 is 9.47 Å². The van der Waals surface area contributed by atoms with Gasteiger partial charge in [-0.15, -0.1) is 0 Å². The van der Waals surface area contributed by atoms with E-state index in [1.54, 1.807) is 36.9 Å². The van der Waals surface area contributed by atoms with Crippen molar-refractivity contribution >= 4 is 27.4 Å². The molecule has 5 rings (SSSR count). The summed E-state index contributed by atoms with van der Waals surface area (Å²) < 4.78 is 40.2. The van der Waals surface area contributed by atoms with Gasteiger partial charge in [0.2, 0.25) is 10.0 Å². The highest BCUT2D eigenvalue weighted by Crippen LogP contribution is 2.34. The first-order valence-electron chi connectivity index (χ1n) is 11.3. The Morgan fingerprint density at radius 1 is 0.914 bits per heavy atom. The number of hydrogen-bond acceptors (Lipinski definition) is 7. The largest absolute Gasteiger partial charge is 0.493 e. The molecular weight excluding hydrogens is 484 g/mol. The third-order valence-corrected chi connectivity index (χ3v) is 8.91. The van der Waals surface area contributed by atoms with Gasteiger partial charge in [0.1, 0.15) is 5.65 Å². The molecule has 0 radical (unpaired) electrons. The van der Waals surface area contributed by atoms with Gasteiger partial charge in [0, 0.05) is 42.0 Å². The molecule has 0 spiro atoms. The molecule has 35 heavy (non-hydrogen) atoms. The van der Waals surface area contributed by atoms with Gasteiger partial charge in [-0.25, -0.2) is 18.4 Å². The lowest BCUT2D eigenvalue weighted by molar-refractivity contribution is 0.346. The van der Waals surface area contributed by atoms with E-state index in [4.69, 9.17) is 14.5 Å². The third kappa shape index (κ3) is 4.73. The predicted molar refractivity (Wildman–Crippen MR) is 135 cm³/mol. The molecule has 1 aliphatic heterocycles. The van der Waals surface area contributed by atoms with Gasteiger partial charge in [-0.2, -0.15) is 4.31 Å². The van der Waals surface area contributed by atoms with E-state index < -0.39 is 10.0 Å². The van der Waals surface area contributed by atoms with E-state index >= 15 is 0 Å². The van der Waals surface area contributed by atoms with Crippen molar-refractivity contribution in [3.05, 3.63) is 60.9 Å². The van der Waals surface area contributed by atoms with Gasteiger partial charge in [0.25, 0.3) is 0 Å². The van der Waals surface area contributed by atoms with Gasteiger partial charge >= 0.3 is 0 Å². The van der Waals surface area contributed by atoms with Gasteiger partial charge in [-0.3, -0.25) is 4.40 Å². The van der Waals surface area contributed by atoms with Crippen LogP contribution in [0.5, 0.6) is 11.5 Å². The summed E-state index contributed by atoms with van der Waals surface area (Å²) in [6, 6.07) is 14.6. The van der Waals surface area contributed by atoms with Crippen LogP contribution in [0.15, 0.2) is 75.9 Å². The lowest BCUT2D eigenvalue weighted by atomic mass is 10.1. The lowest BCUT2D eigenvalue weighted by Gasteiger charge is -2.25. The van der Waals surface area contributed by atoms with E-state index in [9.17, 15) is 8.42 Å². The highest BCUT2D eigenvalue weighted by molar-refractivity contribution is 7.99. The number of imidazole rings is 1. The Kier molecular flexibility index (Phi) is 6.68. The first-order valence-corrected chi connectivity index (χ1v) is 13.6. The smallest absolute Gasteiger partial charge is 0.243 e. The topological polar surface area (TPSA) is 86.0 Å². The number of fused-ring (bicyclic) bond motifs is 1. The summed E-state index contributed by atoms with van der Waals surface area (Å²) in [4.78, 5) is 10.5. The molecule has 2 aromatic heterocycles. The Labute approximate surface area is 209 Å². The minimum absolute atomic E-state index is 0.323. The molecule has 4 aromatic rings. The Balaban J connectivity index is 1.45. The number of piperidine rings is 1. The van der Waals surface area contributed by atoms with Crippen molar-refractivity contribution in [2.24, 2.45) is 0 Å². The number of hydrogen-bond donors (Lipinski definition) is 0. The number of rotatable bonds is 7. The second-order valence-corrected chi connectivity index (χ2v) is 11.2. The maximum absolute atomic E-state index is 13.0. The van der Waals surface area contributed by atoms with Crippen molar-refractivity contribution in [3.8, 4) is 22.8 Å². The summed E-state index contributed by atoms with van der Waals surface area (Å²) in [6.45, 7) is 1.18. The molecule has 1 aliphatic rings. The third-order valence-electron chi connectivity index (χ3n) is 6.02. The maximum Gasteiger partial charge on any atom is 0.243 e. The Bertz CT molecular complexity index is 1450. The number of nitrogens with zero attached hydrogens (tertiary/aromatic N) is 4. The molecule has 0 aliphatic carbocycles. The van der Waals surface area contributed by atoms with Crippen molar-refractivity contribution < 1.29 is 17.9 Å². The first kappa shape index (κ1) is 23.7. The Morgan fingerprint density at radius 3 is 2.37 bits per heavy atom. The van der Waals surface area contributed by atoms with Gasteiger partial charge in [0.05, 0.1) is 24.8 Å². The zero-order valence-corrected chi connectivity index (χ0v) is 21.2. The summed E-state index contributed by atoms with van der Waals surface area (Å²) >= 11 is 1.45. The number of sulfonamides is 1. The van der Waals surface area contributed by atoms with Crippen molar-refractivity contribution in [1.82, 2.24) is 18.7 Å². The van der Waals surface area contributed by atoms with Crippen LogP contribution in [0.4, 0.5) is 0 Å². The molecule has 0 saturated carbocycles. The molecule has 0 amide bonds. The molecule has 182 valence electrons. The summed E-state index contributed by atoms with van der Waals surface area (Å²) in [5, 5.41) is 0.719. The SMILES string of the molecule is COc1ccc(-c2cc3nccn3c(Sc3ccc(S(=O)(=O)N4CCCCC4)cc3)n2)cc1OC. The molecule has 1 saturated heterocycles. The van der Waals surface area contributed by atoms with Crippen LogP contribution in [-0.2, 0) is 10.0 Å². The summed E-state index contributed by atoms with van der Waals surface area (Å²) in [7, 11) is -0.260. The fraction of sp³-hybridized carbons (Fsp3) is 0.280. The molecule has 1 fully saturated rings. The minimum Gasteiger partial charge on any atom is -0.493 e. The fourth-order valence-corrected chi connectivity index (χ4v) is 6.55. The van der Waals surface area contributed by atoms with E-state index in [0.717, 1.165) is 46.2 Å². The van der Waals surface area contributed by atoms with Crippen LogP contribution in [-0.4, -0.2) is 54.4 Å². The van der Waals surface area contributed by atoms with Crippen LogP contribution >= 0.6 is 11.8 Å². The van der Waals surface area contributed by atoms with E-state index in [0.29, 0.717) is 29.5 Å². The van der Waals surface area contributed by atoms with Crippen LogP contribution in [0.3, 0.4) is 0 Å². The van der Waals surface area contributed by atoms with Crippen molar-refractivity contribution in [2.75, 3.05) is 27.3 Å². The highest BCUT2D eigenvalue weighted by atomic mass is 32.2. The Morgan fingerprint density at radius 2 is 1.66 bits per heavy atom. The second kappa shape index (κ2) is 9.88. The van der Waals surface area contributed by atoms with Gasteiger partial charge in [-0.05, 0) is 55.3 Å². The summed E-state index contributed by atoms with van der Waals surface area (Å²) in [5.74, 6) is 1.27. The maximum atomic E-state index is 13.0. The lowest BCUT2D eigenvalue weighted by Crippen LogP contribution is -2.35. The van der Waals surface area contributed by atoms with E-state index in [1.165, 1.54) is 11.8 Å².